The molecule has 1 aromatic carbocycles. The number of amides is 1. The van der Waals surface area contributed by atoms with Crippen molar-refractivity contribution in [1.29, 1.82) is 0 Å². The highest BCUT2D eigenvalue weighted by molar-refractivity contribution is 7.10. The van der Waals surface area contributed by atoms with Gasteiger partial charge < -0.3 is 19.5 Å². The molecule has 4 rings (SSSR count). The number of morpholine rings is 1. The molecule has 0 radical (unpaired) electrons. The Kier molecular flexibility index (Phi) is 6.62. The summed E-state index contributed by atoms with van der Waals surface area (Å²) >= 11 is 7.66. The van der Waals surface area contributed by atoms with Crippen molar-refractivity contribution in [1.82, 2.24) is 9.80 Å². The van der Waals surface area contributed by atoms with Crippen molar-refractivity contribution in [2.45, 2.75) is 6.04 Å². The van der Waals surface area contributed by atoms with Crippen molar-refractivity contribution in [3.63, 3.8) is 0 Å². The molecule has 0 aliphatic carbocycles. The molecule has 3 heterocycles. The van der Waals surface area contributed by atoms with Crippen LogP contribution in [-0.2, 0) is 14.3 Å². The maximum atomic E-state index is 13.0. The number of aliphatic hydroxyl groups excluding tert-OH is 1. The van der Waals surface area contributed by atoms with E-state index in [1.165, 1.54) is 24.5 Å². The van der Waals surface area contributed by atoms with Gasteiger partial charge in [-0.05, 0) is 29.6 Å². The average Bonchev–Trinajstić information content (AvgIpc) is 3.40. The van der Waals surface area contributed by atoms with E-state index in [-0.39, 0.29) is 11.3 Å². The number of likely N-dealkylation sites (tertiary alicyclic amines) is 1. The molecule has 0 spiro atoms. The van der Waals surface area contributed by atoms with Crippen LogP contribution in [0.2, 0.25) is 5.02 Å². The van der Waals surface area contributed by atoms with Crippen LogP contribution in [0.4, 0.5) is 0 Å². The van der Waals surface area contributed by atoms with Gasteiger partial charge in [0.15, 0.2) is 0 Å². The van der Waals surface area contributed by atoms with Gasteiger partial charge in [-0.2, -0.15) is 0 Å². The van der Waals surface area contributed by atoms with Crippen LogP contribution in [0.1, 0.15) is 16.5 Å². The third-order valence-electron chi connectivity index (χ3n) is 5.54. The summed E-state index contributed by atoms with van der Waals surface area (Å²) in [7, 11) is 1.50. The number of ether oxygens (including phenoxy) is 2. The number of methoxy groups -OCH3 is 1. The van der Waals surface area contributed by atoms with Gasteiger partial charge in [0.1, 0.15) is 11.5 Å². The smallest absolute Gasteiger partial charge is 0.295 e. The predicted molar refractivity (Wildman–Crippen MR) is 119 cm³/mol. The number of hydrogen-bond donors (Lipinski definition) is 1. The molecule has 1 aromatic heterocycles. The minimum atomic E-state index is -0.690. The van der Waals surface area contributed by atoms with Crippen LogP contribution in [-0.4, -0.2) is 73.1 Å². The number of aliphatic hydroxyl groups is 1. The molecule has 1 N–H and O–H groups in total. The summed E-state index contributed by atoms with van der Waals surface area (Å²) in [5, 5.41) is 13.3. The number of thiophene rings is 1. The van der Waals surface area contributed by atoms with E-state index in [2.05, 4.69) is 4.90 Å². The zero-order valence-corrected chi connectivity index (χ0v) is 18.6. The van der Waals surface area contributed by atoms with E-state index in [9.17, 15) is 14.7 Å². The summed E-state index contributed by atoms with van der Waals surface area (Å²) in [4.78, 5) is 30.5. The Morgan fingerprint density at radius 1 is 1.26 bits per heavy atom. The van der Waals surface area contributed by atoms with Gasteiger partial charge in [-0.3, -0.25) is 14.5 Å². The van der Waals surface area contributed by atoms with Gasteiger partial charge in [0.25, 0.3) is 11.7 Å². The molecular formula is C22H23ClN2O5S. The van der Waals surface area contributed by atoms with Gasteiger partial charge >= 0.3 is 0 Å². The topological polar surface area (TPSA) is 79.3 Å². The summed E-state index contributed by atoms with van der Waals surface area (Å²) in [6, 6.07) is 7.87. The number of Topliss-reactive ketones (excluding diaryl/α,β-unsaturated/α-hetero) is 1. The van der Waals surface area contributed by atoms with Gasteiger partial charge in [0.2, 0.25) is 0 Å². The molecule has 0 saturated carbocycles. The maximum absolute atomic E-state index is 13.0. The highest BCUT2D eigenvalue weighted by Gasteiger charge is 2.46. The van der Waals surface area contributed by atoms with Crippen LogP contribution in [0.25, 0.3) is 5.76 Å². The number of halogens is 1. The number of carbonyl (C=O) groups excluding carboxylic acids is 2. The second-order valence-corrected chi connectivity index (χ2v) is 8.70. The van der Waals surface area contributed by atoms with Crippen LogP contribution in [0, 0.1) is 0 Å². The maximum Gasteiger partial charge on any atom is 0.295 e. The van der Waals surface area contributed by atoms with E-state index in [4.69, 9.17) is 21.1 Å². The molecule has 1 amide bonds. The molecule has 7 nitrogen and oxygen atoms in total. The SMILES string of the molecule is COc1ccc(/C(O)=C2\C(=O)C(=O)N(CCN3CCOCC3)C2c2cccs2)cc1Cl. The number of carbonyl (C=O) groups is 2. The van der Waals surface area contributed by atoms with E-state index in [1.807, 2.05) is 17.5 Å². The number of nitrogens with zero attached hydrogens (tertiary/aromatic N) is 2. The zero-order valence-electron chi connectivity index (χ0n) is 17.0. The number of benzene rings is 1. The zero-order chi connectivity index (χ0) is 22.0. The largest absolute Gasteiger partial charge is 0.507 e. The first-order valence-electron chi connectivity index (χ1n) is 9.97. The van der Waals surface area contributed by atoms with Crippen molar-refractivity contribution >= 4 is 40.4 Å². The molecule has 31 heavy (non-hydrogen) atoms. The Bertz CT molecular complexity index is 1000. The monoisotopic (exact) mass is 462 g/mol. The van der Waals surface area contributed by atoms with Gasteiger partial charge in [-0.25, -0.2) is 0 Å². The van der Waals surface area contributed by atoms with Crippen LogP contribution in [0.5, 0.6) is 5.75 Å². The Morgan fingerprint density at radius 2 is 2.03 bits per heavy atom. The second kappa shape index (κ2) is 9.40. The summed E-state index contributed by atoms with van der Waals surface area (Å²) in [6.45, 7) is 3.91. The Balaban J connectivity index is 1.70. The first kappa shape index (κ1) is 21.8. The standard InChI is InChI=1S/C22H23ClN2O5S/c1-29-16-5-4-14(13-15(16)23)20(26)18-19(17-3-2-12-31-17)25(22(28)21(18)27)7-6-24-8-10-30-11-9-24/h2-5,12-13,19,26H,6-11H2,1H3/b20-18+. The van der Waals surface area contributed by atoms with E-state index in [0.717, 1.165) is 18.0 Å². The van der Waals surface area contributed by atoms with Crippen molar-refractivity contribution in [3.8, 4) is 5.75 Å². The fraction of sp³-hybridized carbons (Fsp3) is 0.364. The highest BCUT2D eigenvalue weighted by Crippen LogP contribution is 2.41. The van der Waals surface area contributed by atoms with Crippen LogP contribution < -0.4 is 4.74 Å². The first-order valence-corrected chi connectivity index (χ1v) is 11.2. The van der Waals surface area contributed by atoms with Crippen LogP contribution in [0.15, 0.2) is 41.3 Å². The van der Waals surface area contributed by atoms with Gasteiger partial charge in [0, 0.05) is 36.6 Å². The molecule has 2 aliphatic rings. The summed E-state index contributed by atoms with van der Waals surface area (Å²) < 4.78 is 10.5. The lowest BCUT2D eigenvalue weighted by Crippen LogP contribution is -2.42. The second-order valence-electron chi connectivity index (χ2n) is 7.31. The fourth-order valence-electron chi connectivity index (χ4n) is 3.90. The molecular weight excluding hydrogens is 440 g/mol. The van der Waals surface area contributed by atoms with Crippen molar-refractivity contribution in [2.24, 2.45) is 0 Å². The third-order valence-corrected chi connectivity index (χ3v) is 6.76. The van der Waals surface area contributed by atoms with Crippen LogP contribution >= 0.6 is 22.9 Å². The molecule has 2 fully saturated rings. The predicted octanol–water partition coefficient (Wildman–Crippen LogP) is 3.16. The number of ketones is 1. The summed E-state index contributed by atoms with van der Waals surface area (Å²) in [6.07, 6.45) is 0. The van der Waals surface area contributed by atoms with Crippen molar-refractivity contribution < 1.29 is 24.2 Å². The lowest BCUT2D eigenvalue weighted by atomic mass is 10.00. The Labute approximate surface area is 189 Å². The molecule has 1 unspecified atom stereocenters. The van der Waals surface area contributed by atoms with Crippen molar-refractivity contribution in [3.05, 3.63) is 56.7 Å². The summed E-state index contributed by atoms with van der Waals surface area (Å²) in [5.74, 6) is -1.08. The normalized spacial score (nSPS) is 21.6. The highest BCUT2D eigenvalue weighted by atomic mass is 35.5. The fourth-order valence-corrected chi connectivity index (χ4v) is 5.00. The van der Waals surface area contributed by atoms with Gasteiger partial charge in [0.05, 0.1) is 37.0 Å². The molecule has 0 bridgehead atoms. The summed E-state index contributed by atoms with van der Waals surface area (Å²) in [5.41, 5.74) is 0.439. The first-order chi connectivity index (χ1) is 15.0. The quantitative estimate of drug-likeness (QED) is 0.403. The number of hydrogen-bond acceptors (Lipinski definition) is 7. The molecule has 2 aliphatic heterocycles. The van der Waals surface area contributed by atoms with Crippen LogP contribution in [0.3, 0.4) is 0 Å². The molecule has 9 heteroatoms. The minimum absolute atomic E-state index is 0.0793. The molecule has 1 atom stereocenters. The lowest BCUT2D eigenvalue weighted by Gasteiger charge is -2.30. The van der Waals surface area contributed by atoms with E-state index < -0.39 is 17.7 Å². The van der Waals surface area contributed by atoms with E-state index in [0.29, 0.717) is 42.6 Å². The van der Waals surface area contributed by atoms with Gasteiger partial charge in [-0.1, -0.05) is 17.7 Å². The number of rotatable bonds is 6. The lowest BCUT2D eigenvalue weighted by molar-refractivity contribution is -0.140. The Morgan fingerprint density at radius 3 is 2.68 bits per heavy atom. The van der Waals surface area contributed by atoms with E-state index >= 15 is 0 Å². The minimum Gasteiger partial charge on any atom is -0.507 e. The van der Waals surface area contributed by atoms with Gasteiger partial charge in [-0.15, -0.1) is 11.3 Å². The molecule has 2 saturated heterocycles. The third kappa shape index (κ3) is 4.34. The van der Waals surface area contributed by atoms with Crippen molar-refractivity contribution in [2.75, 3.05) is 46.5 Å². The Hall–Kier alpha value is -2.39. The molecule has 164 valence electrons. The average molecular weight is 463 g/mol. The van der Waals surface area contributed by atoms with E-state index in [1.54, 1.807) is 17.0 Å². The molecule has 2 aromatic rings.